The molecule has 1 amide bonds. The van der Waals surface area contributed by atoms with Gasteiger partial charge in [-0.3, -0.25) is 4.79 Å². The normalized spacial score (nSPS) is 13.3. The fraction of sp³-hybridized carbons (Fsp3) is 0.344. The first-order chi connectivity index (χ1) is 23.2. The van der Waals surface area contributed by atoms with Gasteiger partial charge in [-0.1, -0.05) is 24.3 Å². The lowest BCUT2D eigenvalue weighted by Gasteiger charge is -2.36. The minimum atomic E-state index is -4.54. The molecular formula is C32H38F3N9O4S. The molecule has 0 radical (unpaired) electrons. The van der Waals surface area contributed by atoms with Crippen molar-refractivity contribution in [1.29, 1.82) is 0 Å². The molecule has 17 heteroatoms. The average Bonchev–Trinajstić information content (AvgIpc) is 3.54. The fourth-order valence-electron chi connectivity index (χ4n) is 4.78. The molecule has 0 saturated carbocycles. The number of aliphatic hydroxyl groups excluding tert-OH is 1. The maximum Gasteiger partial charge on any atom is 0.416 e. The number of benzene rings is 2. The van der Waals surface area contributed by atoms with Crippen LogP contribution < -0.4 is 26.6 Å². The summed E-state index contributed by atoms with van der Waals surface area (Å²) in [5.41, 5.74) is 7.19. The molecule has 2 aromatic carbocycles. The number of aromatic carboxylic acids is 1. The highest BCUT2D eigenvalue weighted by atomic mass is 32.1. The van der Waals surface area contributed by atoms with E-state index in [1.54, 1.807) is 31.2 Å². The molecule has 262 valence electrons. The Balaban J connectivity index is 0.000000237. The zero-order valence-electron chi connectivity index (χ0n) is 27.1. The standard InChI is InChI=1S/C21H25F3N4O.C11H13N5O3S/c1-3-27-6-8-28(9-7-27)18-11-15(10-16(12-18)21(22,23)24)20(29)26-17-5-4-14(2)19(25)13-17;1-6-14-8(12-2-3-17)4-9(15-6)16-11-13-5-7(20-11)10(18)19/h4-5,10-13H,3,6-9,25H2,1-2H3,(H,26,29);4-5,17H,2-3H2,1H3,(H,18,19)(H2,12,13,14,15,16). The number of carbonyl (C=O) groups is 2. The Kier molecular flexibility index (Phi) is 12.3. The van der Waals surface area contributed by atoms with Gasteiger partial charge in [0.1, 0.15) is 22.3 Å². The van der Waals surface area contributed by atoms with E-state index in [4.69, 9.17) is 15.9 Å². The van der Waals surface area contributed by atoms with Crippen molar-refractivity contribution in [3.63, 3.8) is 0 Å². The number of nitrogen functional groups attached to an aromatic ring is 1. The molecule has 1 aliphatic rings. The molecule has 3 heterocycles. The Bertz CT molecular complexity index is 1760. The van der Waals surface area contributed by atoms with Crippen LogP contribution in [0.3, 0.4) is 0 Å². The number of rotatable bonds is 10. The number of aliphatic hydroxyl groups is 1. The molecule has 1 aliphatic heterocycles. The summed E-state index contributed by atoms with van der Waals surface area (Å²) < 4.78 is 40.3. The molecule has 5 rings (SSSR count). The number of aromatic nitrogens is 3. The van der Waals surface area contributed by atoms with E-state index in [9.17, 15) is 22.8 Å². The number of carboxylic acid groups (broad SMARTS) is 1. The van der Waals surface area contributed by atoms with Crippen molar-refractivity contribution in [2.45, 2.75) is 26.9 Å². The summed E-state index contributed by atoms with van der Waals surface area (Å²) in [5, 5.41) is 26.5. The smallest absolute Gasteiger partial charge is 0.416 e. The van der Waals surface area contributed by atoms with Gasteiger partial charge in [-0.25, -0.2) is 19.7 Å². The number of halogens is 3. The summed E-state index contributed by atoms with van der Waals surface area (Å²) in [7, 11) is 0. The number of aryl methyl sites for hydroxylation is 2. The van der Waals surface area contributed by atoms with E-state index >= 15 is 0 Å². The molecule has 0 aliphatic carbocycles. The molecule has 0 bridgehead atoms. The third-order valence-corrected chi connectivity index (χ3v) is 8.34. The second kappa shape index (κ2) is 16.4. The Morgan fingerprint density at radius 2 is 1.73 bits per heavy atom. The molecule has 7 N–H and O–H groups in total. The van der Waals surface area contributed by atoms with Crippen LogP contribution in [0.2, 0.25) is 0 Å². The topological polar surface area (TPSA) is 182 Å². The maximum atomic E-state index is 13.4. The van der Waals surface area contributed by atoms with Crippen LogP contribution in [-0.4, -0.2) is 87.8 Å². The van der Waals surface area contributed by atoms with Crippen LogP contribution in [0.5, 0.6) is 0 Å². The summed E-state index contributed by atoms with van der Waals surface area (Å²) in [4.78, 5) is 40.0. The fourth-order valence-corrected chi connectivity index (χ4v) is 5.44. The first kappa shape index (κ1) is 36.8. The predicted octanol–water partition coefficient (Wildman–Crippen LogP) is 5.08. The van der Waals surface area contributed by atoms with Crippen LogP contribution in [0.25, 0.3) is 0 Å². The minimum Gasteiger partial charge on any atom is -0.477 e. The number of alkyl halides is 3. The SMILES string of the molecule is CCN1CCN(c2cc(C(=O)Nc3ccc(C)c(N)c3)cc(C(F)(F)F)c2)CC1.Cc1nc(NCCO)cc(Nc2ncc(C(=O)O)s2)n1. The number of carboxylic acids is 1. The number of hydrogen-bond acceptors (Lipinski definition) is 12. The van der Waals surface area contributed by atoms with Gasteiger partial charge in [-0.05, 0) is 56.3 Å². The van der Waals surface area contributed by atoms with Gasteiger partial charge in [0.05, 0.1) is 18.4 Å². The number of nitrogens with two attached hydrogens (primary N) is 1. The van der Waals surface area contributed by atoms with Crippen molar-refractivity contribution < 1.29 is 33.0 Å². The molecule has 0 atom stereocenters. The van der Waals surface area contributed by atoms with Crippen molar-refractivity contribution in [2.24, 2.45) is 0 Å². The Hall–Kier alpha value is -5.00. The van der Waals surface area contributed by atoms with Gasteiger partial charge in [0.15, 0.2) is 5.13 Å². The highest BCUT2D eigenvalue weighted by Crippen LogP contribution is 2.34. The van der Waals surface area contributed by atoms with E-state index in [1.165, 1.54) is 12.3 Å². The molecule has 0 spiro atoms. The summed E-state index contributed by atoms with van der Waals surface area (Å²) in [6, 6.07) is 10.2. The van der Waals surface area contributed by atoms with Crippen LogP contribution in [0.4, 0.5) is 47.0 Å². The van der Waals surface area contributed by atoms with Crippen LogP contribution in [-0.2, 0) is 6.18 Å². The Morgan fingerprint density at radius 1 is 1.02 bits per heavy atom. The number of thiazole rings is 1. The summed E-state index contributed by atoms with van der Waals surface area (Å²) in [5.74, 6) is 0.00580. The quantitative estimate of drug-likeness (QED) is 0.121. The van der Waals surface area contributed by atoms with Crippen LogP contribution in [0, 0.1) is 13.8 Å². The van der Waals surface area contributed by atoms with Gasteiger partial charge >= 0.3 is 12.1 Å². The number of carbonyl (C=O) groups excluding carboxylic acids is 1. The van der Waals surface area contributed by atoms with E-state index in [-0.39, 0.29) is 17.0 Å². The van der Waals surface area contributed by atoms with Crippen molar-refractivity contribution in [3.8, 4) is 0 Å². The molecule has 49 heavy (non-hydrogen) atoms. The molecule has 2 aromatic heterocycles. The molecule has 1 fully saturated rings. The lowest BCUT2D eigenvalue weighted by molar-refractivity contribution is -0.137. The lowest BCUT2D eigenvalue weighted by atomic mass is 10.1. The predicted molar refractivity (Wildman–Crippen MR) is 184 cm³/mol. The van der Waals surface area contributed by atoms with E-state index in [0.29, 0.717) is 59.3 Å². The van der Waals surface area contributed by atoms with Crippen LogP contribution in [0.15, 0.2) is 48.7 Å². The average molecular weight is 702 g/mol. The molecule has 4 aromatic rings. The van der Waals surface area contributed by atoms with Crippen molar-refractivity contribution in [3.05, 3.63) is 76.1 Å². The second-order valence-corrected chi connectivity index (χ2v) is 12.0. The number of hydrogen-bond donors (Lipinski definition) is 6. The summed E-state index contributed by atoms with van der Waals surface area (Å²) in [6.45, 7) is 9.70. The zero-order chi connectivity index (χ0) is 35.7. The van der Waals surface area contributed by atoms with E-state index < -0.39 is 23.6 Å². The molecular weight excluding hydrogens is 663 g/mol. The zero-order valence-corrected chi connectivity index (χ0v) is 28.0. The van der Waals surface area contributed by atoms with Gasteiger partial charge in [0, 0.05) is 61.4 Å². The van der Waals surface area contributed by atoms with Gasteiger partial charge in [-0.2, -0.15) is 13.2 Å². The van der Waals surface area contributed by atoms with E-state index in [1.807, 2.05) is 11.8 Å². The number of piperazine rings is 1. The monoisotopic (exact) mass is 701 g/mol. The third-order valence-electron chi connectivity index (χ3n) is 7.44. The van der Waals surface area contributed by atoms with E-state index in [2.05, 4.69) is 42.7 Å². The van der Waals surface area contributed by atoms with Crippen molar-refractivity contribution in [2.75, 3.05) is 72.5 Å². The molecule has 13 nitrogen and oxygen atoms in total. The highest BCUT2D eigenvalue weighted by molar-refractivity contribution is 7.17. The number of amides is 1. The largest absolute Gasteiger partial charge is 0.477 e. The first-order valence-electron chi connectivity index (χ1n) is 15.3. The van der Waals surface area contributed by atoms with Crippen molar-refractivity contribution in [1.82, 2.24) is 19.9 Å². The number of nitrogens with one attached hydrogen (secondary N) is 3. The van der Waals surface area contributed by atoms with Gasteiger partial charge in [0.2, 0.25) is 0 Å². The molecule has 1 saturated heterocycles. The van der Waals surface area contributed by atoms with Gasteiger partial charge in [0.25, 0.3) is 5.91 Å². The number of likely N-dealkylation sites (N-methyl/N-ethyl adjacent to an activating group) is 1. The molecule has 0 unspecified atom stereocenters. The number of anilines is 6. The Morgan fingerprint density at radius 3 is 2.35 bits per heavy atom. The first-order valence-corrected chi connectivity index (χ1v) is 16.1. The van der Waals surface area contributed by atoms with Gasteiger partial charge in [-0.15, -0.1) is 0 Å². The summed E-state index contributed by atoms with van der Waals surface area (Å²) in [6.07, 6.45) is -3.25. The van der Waals surface area contributed by atoms with Crippen molar-refractivity contribution >= 4 is 57.0 Å². The van der Waals surface area contributed by atoms with E-state index in [0.717, 1.165) is 48.7 Å². The summed E-state index contributed by atoms with van der Waals surface area (Å²) >= 11 is 1.02. The van der Waals surface area contributed by atoms with Crippen LogP contribution in [0.1, 0.15) is 43.9 Å². The number of nitrogens with zero attached hydrogens (tertiary/aromatic N) is 5. The lowest BCUT2D eigenvalue weighted by Crippen LogP contribution is -2.46. The van der Waals surface area contributed by atoms with Crippen LogP contribution >= 0.6 is 11.3 Å². The maximum absolute atomic E-state index is 13.4. The highest BCUT2D eigenvalue weighted by Gasteiger charge is 2.33. The second-order valence-electron chi connectivity index (χ2n) is 11.0. The minimum absolute atomic E-state index is 0.000262. The van der Waals surface area contributed by atoms with Gasteiger partial charge < -0.3 is 41.7 Å². The third kappa shape index (κ3) is 10.5. The Labute approximate surface area is 285 Å².